The number of rotatable bonds is 4. The van der Waals surface area contributed by atoms with E-state index >= 15 is 0 Å². The fourth-order valence-corrected chi connectivity index (χ4v) is 1.63. The first-order valence-electron chi connectivity index (χ1n) is 4.77. The summed E-state index contributed by atoms with van der Waals surface area (Å²) in [5.41, 5.74) is 1.17. The van der Waals surface area contributed by atoms with Crippen molar-refractivity contribution in [2.24, 2.45) is 5.84 Å². The van der Waals surface area contributed by atoms with Gasteiger partial charge in [0.1, 0.15) is 0 Å². The monoisotopic (exact) mass is 224 g/mol. The normalized spacial score (nSPS) is 10.1. The molecule has 0 aliphatic rings. The summed E-state index contributed by atoms with van der Waals surface area (Å²) in [6.07, 6.45) is 3.25. The summed E-state index contributed by atoms with van der Waals surface area (Å²) in [7, 11) is 1.57. The third kappa shape index (κ3) is 3.93. The SMILES string of the molecule is CSc1ccc(CCC(=O)N(C)N)cc1. The molecule has 0 fully saturated rings. The summed E-state index contributed by atoms with van der Waals surface area (Å²) >= 11 is 1.71. The van der Waals surface area contributed by atoms with Gasteiger partial charge in [-0.3, -0.25) is 9.80 Å². The van der Waals surface area contributed by atoms with Crippen LogP contribution < -0.4 is 5.84 Å². The van der Waals surface area contributed by atoms with Crippen molar-refractivity contribution in [3.05, 3.63) is 29.8 Å². The van der Waals surface area contributed by atoms with Gasteiger partial charge in [-0.15, -0.1) is 11.8 Å². The summed E-state index contributed by atoms with van der Waals surface area (Å²) in [5.74, 6) is 5.29. The highest BCUT2D eigenvalue weighted by atomic mass is 32.2. The van der Waals surface area contributed by atoms with Crippen molar-refractivity contribution in [2.45, 2.75) is 17.7 Å². The Hall–Kier alpha value is -1.00. The van der Waals surface area contributed by atoms with Crippen LogP contribution in [0.15, 0.2) is 29.2 Å². The van der Waals surface area contributed by atoms with Crippen molar-refractivity contribution in [3.63, 3.8) is 0 Å². The predicted molar refractivity (Wildman–Crippen MR) is 63.5 cm³/mol. The second-order valence-electron chi connectivity index (χ2n) is 3.35. The maximum Gasteiger partial charge on any atom is 0.236 e. The zero-order chi connectivity index (χ0) is 11.3. The average molecular weight is 224 g/mol. The quantitative estimate of drug-likeness (QED) is 0.366. The second kappa shape index (κ2) is 5.78. The maximum absolute atomic E-state index is 11.2. The number of amides is 1. The number of thioether (sulfide) groups is 1. The first-order valence-corrected chi connectivity index (χ1v) is 6.00. The number of nitrogens with zero attached hydrogens (tertiary/aromatic N) is 1. The lowest BCUT2D eigenvalue weighted by Crippen LogP contribution is -2.33. The minimum Gasteiger partial charge on any atom is -0.284 e. The Morgan fingerprint density at radius 1 is 1.40 bits per heavy atom. The molecule has 0 unspecified atom stereocenters. The van der Waals surface area contributed by atoms with Crippen molar-refractivity contribution in [1.29, 1.82) is 0 Å². The van der Waals surface area contributed by atoms with Gasteiger partial charge in [-0.05, 0) is 30.4 Å². The molecule has 3 nitrogen and oxygen atoms in total. The van der Waals surface area contributed by atoms with Crippen LogP contribution >= 0.6 is 11.8 Å². The van der Waals surface area contributed by atoms with E-state index in [1.54, 1.807) is 18.8 Å². The molecule has 0 spiro atoms. The highest BCUT2D eigenvalue weighted by Crippen LogP contribution is 2.15. The third-order valence-corrected chi connectivity index (χ3v) is 2.92. The topological polar surface area (TPSA) is 46.3 Å². The zero-order valence-electron chi connectivity index (χ0n) is 9.06. The van der Waals surface area contributed by atoms with Crippen LogP contribution in [0.1, 0.15) is 12.0 Å². The lowest BCUT2D eigenvalue weighted by Gasteiger charge is -2.09. The molecule has 0 saturated carbocycles. The molecule has 2 N–H and O–H groups in total. The number of hydrazine groups is 1. The largest absolute Gasteiger partial charge is 0.284 e. The summed E-state index contributed by atoms with van der Waals surface area (Å²) in [4.78, 5) is 12.5. The number of benzene rings is 1. The van der Waals surface area contributed by atoms with Gasteiger partial charge in [0, 0.05) is 18.4 Å². The highest BCUT2D eigenvalue weighted by molar-refractivity contribution is 7.98. The van der Waals surface area contributed by atoms with Crippen LogP contribution in [0.25, 0.3) is 0 Å². The molecule has 0 heterocycles. The van der Waals surface area contributed by atoms with Crippen molar-refractivity contribution in [2.75, 3.05) is 13.3 Å². The Labute approximate surface area is 94.6 Å². The lowest BCUT2D eigenvalue weighted by atomic mass is 10.1. The fraction of sp³-hybridized carbons (Fsp3) is 0.364. The zero-order valence-corrected chi connectivity index (χ0v) is 9.88. The lowest BCUT2D eigenvalue weighted by molar-refractivity contribution is -0.130. The summed E-state index contributed by atoms with van der Waals surface area (Å²) < 4.78 is 0. The van der Waals surface area contributed by atoms with Crippen molar-refractivity contribution >= 4 is 17.7 Å². The van der Waals surface area contributed by atoms with E-state index < -0.39 is 0 Å². The number of hydrogen-bond acceptors (Lipinski definition) is 3. The number of carbonyl (C=O) groups is 1. The molecule has 82 valence electrons. The average Bonchev–Trinajstić information content (AvgIpc) is 2.26. The van der Waals surface area contributed by atoms with Gasteiger partial charge >= 0.3 is 0 Å². The smallest absolute Gasteiger partial charge is 0.236 e. The Balaban J connectivity index is 2.47. The first kappa shape index (κ1) is 12.1. The molecular weight excluding hydrogens is 208 g/mol. The summed E-state index contributed by atoms with van der Waals surface area (Å²) in [6, 6.07) is 8.23. The van der Waals surface area contributed by atoms with Crippen LogP contribution in [0.2, 0.25) is 0 Å². The van der Waals surface area contributed by atoms with Gasteiger partial charge in [0.2, 0.25) is 5.91 Å². The minimum absolute atomic E-state index is 0.0380. The van der Waals surface area contributed by atoms with E-state index in [0.717, 1.165) is 11.4 Å². The molecule has 0 saturated heterocycles. The van der Waals surface area contributed by atoms with Crippen LogP contribution in [0, 0.1) is 0 Å². The predicted octanol–water partition coefficient (Wildman–Crippen LogP) is 1.67. The van der Waals surface area contributed by atoms with E-state index in [4.69, 9.17) is 5.84 Å². The van der Waals surface area contributed by atoms with Crippen LogP contribution in [0.4, 0.5) is 0 Å². The Morgan fingerprint density at radius 3 is 2.47 bits per heavy atom. The van der Waals surface area contributed by atoms with E-state index in [9.17, 15) is 4.79 Å². The van der Waals surface area contributed by atoms with Gasteiger partial charge in [-0.25, -0.2) is 5.84 Å². The molecule has 0 aromatic heterocycles. The number of carbonyl (C=O) groups excluding carboxylic acids is 1. The summed E-state index contributed by atoms with van der Waals surface area (Å²) in [6.45, 7) is 0. The molecule has 1 rings (SSSR count). The molecule has 1 aromatic rings. The van der Waals surface area contributed by atoms with E-state index in [2.05, 4.69) is 24.3 Å². The van der Waals surface area contributed by atoms with E-state index in [1.807, 2.05) is 6.26 Å². The van der Waals surface area contributed by atoms with Crippen LogP contribution in [0.3, 0.4) is 0 Å². The second-order valence-corrected chi connectivity index (χ2v) is 4.23. The number of aryl methyl sites for hydroxylation is 1. The van der Waals surface area contributed by atoms with Gasteiger partial charge in [-0.1, -0.05) is 12.1 Å². The number of hydrogen-bond donors (Lipinski definition) is 1. The molecule has 0 aliphatic carbocycles. The molecular formula is C11H16N2OS. The van der Waals surface area contributed by atoms with Crippen LogP contribution in [-0.2, 0) is 11.2 Å². The van der Waals surface area contributed by atoms with Gasteiger partial charge in [0.25, 0.3) is 0 Å². The molecule has 1 amide bonds. The molecule has 0 radical (unpaired) electrons. The Kier molecular flexibility index (Phi) is 4.65. The van der Waals surface area contributed by atoms with E-state index in [0.29, 0.717) is 6.42 Å². The molecule has 15 heavy (non-hydrogen) atoms. The Bertz CT molecular complexity index is 322. The minimum atomic E-state index is -0.0380. The van der Waals surface area contributed by atoms with Crippen molar-refractivity contribution < 1.29 is 4.79 Å². The van der Waals surface area contributed by atoms with Crippen molar-refractivity contribution in [1.82, 2.24) is 5.01 Å². The first-order chi connectivity index (χ1) is 7.13. The third-order valence-electron chi connectivity index (χ3n) is 2.18. The standard InChI is InChI=1S/C11H16N2OS/c1-13(12)11(14)8-5-9-3-6-10(15-2)7-4-9/h3-4,6-7H,5,8,12H2,1-2H3. The van der Waals surface area contributed by atoms with Gasteiger partial charge in [-0.2, -0.15) is 0 Å². The molecule has 1 aromatic carbocycles. The van der Waals surface area contributed by atoms with Crippen LogP contribution in [0.5, 0.6) is 0 Å². The van der Waals surface area contributed by atoms with E-state index in [1.165, 1.54) is 10.5 Å². The fourth-order valence-electron chi connectivity index (χ4n) is 1.22. The number of nitrogens with two attached hydrogens (primary N) is 1. The van der Waals surface area contributed by atoms with Crippen LogP contribution in [-0.4, -0.2) is 24.2 Å². The Morgan fingerprint density at radius 2 is 2.00 bits per heavy atom. The molecule has 0 bridgehead atoms. The van der Waals surface area contributed by atoms with E-state index in [-0.39, 0.29) is 5.91 Å². The molecule has 0 atom stereocenters. The van der Waals surface area contributed by atoms with Crippen molar-refractivity contribution in [3.8, 4) is 0 Å². The molecule has 4 heteroatoms. The maximum atomic E-state index is 11.2. The van der Waals surface area contributed by atoms with Gasteiger partial charge in [0.05, 0.1) is 0 Å². The highest BCUT2D eigenvalue weighted by Gasteiger charge is 2.04. The molecule has 0 aliphatic heterocycles. The van der Waals surface area contributed by atoms with Gasteiger partial charge < -0.3 is 0 Å². The van der Waals surface area contributed by atoms with Gasteiger partial charge in [0.15, 0.2) is 0 Å². The summed E-state index contributed by atoms with van der Waals surface area (Å²) in [5, 5.41) is 1.14.